The normalized spacial score (nSPS) is 11.2. The third-order valence-electron chi connectivity index (χ3n) is 5.72. The van der Waals surface area contributed by atoms with Gasteiger partial charge in [0.1, 0.15) is 12.2 Å². The number of nitrogens with one attached hydrogen (secondary N) is 1. The fourth-order valence-electron chi connectivity index (χ4n) is 4.05. The maximum Gasteiger partial charge on any atom is 0.246 e. The summed E-state index contributed by atoms with van der Waals surface area (Å²) >= 11 is 0. The third kappa shape index (κ3) is 3.73. The first-order chi connectivity index (χ1) is 15.6. The summed E-state index contributed by atoms with van der Waals surface area (Å²) in [6.45, 7) is 4.32. The lowest BCUT2D eigenvalue weighted by atomic mass is 10.0. The molecule has 0 radical (unpaired) electrons. The summed E-state index contributed by atoms with van der Waals surface area (Å²) in [7, 11) is 0. The molecule has 0 saturated carbocycles. The number of amides is 1. The van der Waals surface area contributed by atoms with E-state index in [9.17, 15) is 4.79 Å². The highest BCUT2D eigenvalue weighted by Gasteiger charge is 2.18. The third-order valence-corrected chi connectivity index (χ3v) is 5.72. The molecule has 3 aromatic carbocycles. The van der Waals surface area contributed by atoms with Gasteiger partial charge in [-0.25, -0.2) is 0 Å². The Morgan fingerprint density at radius 2 is 1.75 bits per heavy atom. The van der Waals surface area contributed by atoms with Crippen LogP contribution < -0.4 is 5.32 Å². The van der Waals surface area contributed by atoms with Crippen LogP contribution in [0.2, 0.25) is 0 Å². The Morgan fingerprint density at radius 1 is 0.969 bits per heavy atom. The molecule has 2 heterocycles. The van der Waals surface area contributed by atoms with E-state index in [1.807, 2.05) is 48.7 Å². The van der Waals surface area contributed by atoms with Crippen molar-refractivity contribution in [1.82, 2.24) is 14.8 Å². The smallest absolute Gasteiger partial charge is 0.246 e. The summed E-state index contributed by atoms with van der Waals surface area (Å²) in [4.78, 5) is 17.5. The minimum Gasteiger partial charge on any atom is -0.324 e. The number of fused-ring (bicyclic) bond motifs is 3. The molecule has 0 atom stereocenters. The van der Waals surface area contributed by atoms with Gasteiger partial charge in [0.25, 0.3) is 0 Å². The lowest BCUT2D eigenvalue weighted by molar-refractivity contribution is -0.116. The van der Waals surface area contributed by atoms with E-state index < -0.39 is 0 Å². The van der Waals surface area contributed by atoms with E-state index in [4.69, 9.17) is 5.10 Å². The minimum absolute atomic E-state index is 0.117. The molecule has 5 aromatic rings. The first kappa shape index (κ1) is 19.9. The Bertz CT molecular complexity index is 1420. The highest BCUT2D eigenvalue weighted by molar-refractivity contribution is 6.08. The maximum absolute atomic E-state index is 12.9. The molecule has 5 nitrogen and oxygen atoms in total. The molecule has 1 N–H and O–H groups in total. The van der Waals surface area contributed by atoms with Crippen molar-refractivity contribution in [1.29, 1.82) is 0 Å². The van der Waals surface area contributed by atoms with Crippen molar-refractivity contribution in [3.63, 3.8) is 0 Å². The highest BCUT2D eigenvalue weighted by Crippen LogP contribution is 2.32. The Kier molecular flexibility index (Phi) is 5.15. The quantitative estimate of drug-likeness (QED) is 0.393. The lowest BCUT2D eigenvalue weighted by Crippen LogP contribution is -2.19. The Hall–Kier alpha value is -3.99. The number of pyridine rings is 1. The fourth-order valence-corrected chi connectivity index (χ4v) is 4.05. The topological polar surface area (TPSA) is 59.8 Å². The molecule has 0 bridgehead atoms. The van der Waals surface area contributed by atoms with Gasteiger partial charge >= 0.3 is 0 Å². The fraction of sp³-hybridized carbons (Fsp3) is 0.148. The summed E-state index contributed by atoms with van der Waals surface area (Å²) in [5.74, 6) is -0.119. The van der Waals surface area contributed by atoms with Crippen LogP contribution in [0.1, 0.15) is 18.1 Å². The molecule has 0 aliphatic carbocycles. The zero-order valence-corrected chi connectivity index (χ0v) is 18.2. The number of para-hydroxylation sites is 1. The minimum atomic E-state index is -0.119. The number of carbonyl (C=O) groups excluding carboxylic acids is 1. The number of benzene rings is 3. The summed E-state index contributed by atoms with van der Waals surface area (Å²) < 4.78 is 1.81. The molecule has 0 spiro atoms. The van der Waals surface area contributed by atoms with E-state index in [0.29, 0.717) is 0 Å². The van der Waals surface area contributed by atoms with Crippen LogP contribution in [0.5, 0.6) is 0 Å². The molecule has 0 aliphatic heterocycles. The number of hydrogen-bond donors (Lipinski definition) is 1. The Balaban J connectivity index is 1.64. The van der Waals surface area contributed by atoms with Crippen LogP contribution in [-0.2, 0) is 17.8 Å². The molecule has 158 valence electrons. The van der Waals surface area contributed by atoms with Gasteiger partial charge in [0, 0.05) is 28.2 Å². The van der Waals surface area contributed by atoms with Crippen molar-refractivity contribution in [3.8, 4) is 11.3 Å². The van der Waals surface area contributed by atoms with E-state index in [2.05, 4.69) is 54.5 Å². The summed E-state index contributed by atoms with van der Waals surface area (Å²) in [5, 5.41) is 9.80. The van der Waals surface area contributed by atoms with Crippen molar-refractivity contribution in [2.24, 2.45) is 0 Å². The Labute approximate surface area is 186 Å². The summed E-state index contributed by atoms with van der Waals surface area (Å²) in [5.41, 5.74) is 6.86. The summed E-state index contributed by atoms with van der Waals surface area (Å²) in [6.07, 6.45) is 2.86. The van der Waals surface area contributed by atoms with Gasteiger partial charge in [-0.3, -0.25) is 14.5 Å². The zero-order valence-electron chi connectivity index (χ0n) is 18.2. The van der Waals surface area contributed by atoms with E-state index in [1.54, 1.807) is 4.68 Å². The van der Waals surface area contributed by atoms with Crippen LogP contribution in [-0.4, -0.2) is 20.7 Å². The first-order valence-corrected chi connectivity index (χ1v) is 10.8. The molecule has 0 fully saturated rings. The van der Waals surface area contributed by atoms with Crippen molar-refractivity contribution in [2.75, 3.05) is 5.32 Å². The SMILES string of the molecule is CCc1ccc(-c2nn(CC(=O)Nc3ccccc3)c3c2cnc2ccc(C)cc23)cc1. The van der Waals surface area contributed by atoms with Crippen molar-refractivity contribution >= 4 is 33.4 Å². The second-order valence-corrected chi connectivity index (χ2v) is 8.01. The monoisotopic (exact) mass is 420 g/mol. The van der Waals surface area contributed by atoms with Gasteiger partial charge in [-0.05, 0) is 43.2 Å². The zero-order chi connectivity index (χ0) is 22.1. The maximum atomic E-state index is 12.9. The van der Waals surface area contributed by atoms with Crippen LogP contribution in [0.4, 0.5) is 5.69 Å². The Morgan fingerprint density at radius 3 is 2.50 bits per heavy atom. The second kappa shape index (κ2) is 8.27. The van der Waals surface area contributed by atoms with Crippen LogP contribution >= 0.6 is 0 Å². The van der Waals surface area contributed by atoms with Crippen molar-refractivity contribution in [2.45, 2.75) is 26.8 Å². The number of carbonyl (C=O) groups is 1. The van der Waals surface area contributed by atoms with Crippen LogP contribution in [0.25, 0.3) is 33.1 Å². The molecule has 0 saturated heterocycles. The molecular weight excluding hydrogens is 396 g/mol. The van der Waals surface area contributed by atoms with Crippen molar-refractivity contribution < 1.29 is 4.79 Å². The average molecular weight is 421 g/mol. The predicted octanol–water partition coefficient (Wildman–Crippen LogP) is 5.76. The number of aromatic nitrogens is 3. The molecular formula is C27H24N4O. The van der Waals surface area contributed by atoms with Crippen LogP contribution in [0.15, 0.2) is 79.0 Å². The van der Waals surface area contributed by atoms with E-state index in [-0.39, 0.29) is 12.5 Å². The molecule has 5 rings (SSSR count). The molecule has 32 heavy (non-hydrogen) atoms. The number of hydrogen-bond acceptors (Lipinski definition) is 3. The van der Waals surface area contributed by atoms with Crippen molar-refractivity contribution in [3.05, 3.63) is 90.1 Å². The summed E-state index contributed by atoms with van der Waals surface area (Å²) in [6, 6.07) is 24.1. The van der Waals surface area contributed by atoms with Gasteiger partial charge in [0.2, 0.25) is 5.91 Å². The van der Waals surface area contributed by atoms with Crippen LogP contribution in [0.3, 0.4) is 0 Å². The molecule has 0 aliphatic rings. The highest BCUT2D eigenvalue weighted by atomic mass is 16.2. The number of aryl methyl sites for hydroxylation is 2. The van der Waals surface area contributed by atoms with E-state index in [0.717, 1.165) is 50.7 Å². The number of nitrogens with zero attached hydrogens (tertiary/aromatic N) is 3. The molecule has 2 aromatic heterocycles. The van der Waals surface area contributed by atoms with Gasteiger partial charge in [-0.15, -0.1) is 0 Å². The van der Waals surface area contributed by atoms with Gasteiger partial charge < -0.3 is 5.32 Å². The largest absolute Gasteiger partial charge is 0.324 e. The van der Waals surface area contributed by atoms with Gasteiger partial charge in [0.15, 0.2) is 0 Å². The van der Waals surface area contributed by atoms with Crippen LogP contribution in [0, 0.1) is 6.92 Å². The first-order valence-electron chi connectivity index (χ1n) is 10.8. The number of anilines is 1. The van der Waals surface area contributed by atoms with E-state index in [1.165, 1.54) is 5.56 Å². The molecule has 1 amide bonds. The van der Waals surface area contributed by atoms with Gasteiger partial charge in [0.05, 0.1) is 11.0 Å². The molecule has 5 heteroatoms. The van der Waals surface area contributed by atoms with Gasteiger partial charge in [-0.2, -0.15) is 5.10 Å². The lowest BCUT2D eigenvalue weighted by Gasteiger charge is -2.08. The second-order valence-electron chi connectivity index (χ2n) is 8.01. The number of rotatable bonds is 5. The van der Waals surface area contributed by atoms with Gasteiger partial charge in [-0.1, -0.05) is 61.0 Å². The predicted molar refractivity (Wildman–Crippen MR) is 130 cm³/mol. The standard InChI is InChI=1S/C27H24N4O/c1-3-19-10-12-20(13-11-19)26-23-16-28-24-14-9-18(2)15-22(24)27(23)31(30-26)17-25(32)29-21-7-5-4-6-8-21/h4-16H,3,17H2,1-2H3,(H,29,32). The molecule has 0 unspecified atom stereocenters. The van der Waals surface area contributed by atoms with E-state index >= 15 is 0 Å². The average Bonchev–Trinajstić information content (AvgIpc) is 3.18.